The second-order valence-electron chi connectivity index (χ2n) is 10.2. The summed E-state index contributed by atoms with van der Waals surface area (Å²) in [5.41, 5.74) is 1.00. The molecule has 2 aromatic carbocycles. The molecule has 3 N–H and O–H groups in total. The molecule has 5 rings (SSSR count). The number of hydrogen-bond donors (Lipinski definition) is 3. The third-order valence-corrected chi connectivity index (χ3v) is 10.3. The van der Waals surface area contributed by atoms with Crippen LogP contribution < -0.4 is 24.8 Å². The molecule has 0 fully saturated rings. The number of nitrogens with zero attached hydrogens (tertiary/aromatic N) is 2. The van der Waals surface area contributed by atoms with Crippen molar-refractivity contribution < 1.29 is 37.3 Å². The number of aliphatic hydroxyl groups is 1. The topological polar surface area (TPSA) is 147 Å². The number of sulfonamides is 1. The lowest BCUT2D eigenvalue weighted by Gasteiger charge is -2.38. The van der Waals surface area contributed by atoms with Crippen molar-refractivity contribution in [1.29, 1.82) is 0 Å². The number of likely N-dealkylation sites (N-methyl/N-ethyl adjacent to an activating group) is 1. The number of fused-ring (bicyclic) bond motifs is 2. The minimum absolute atomic E-state index is 0.0360. The normalized spacial score (nSPS) is 19.0. The first-order chi connectivity index (χ1) is 20.1. The maximum atomic E-state index is 13.7. The summed E-state index contributed by atoms with van der Waals surface area (Å²) in [5.74, 6) is 0.701. The van der Waals surface area contributed by atoms with Gasteiger partial charge in [0.15, 0.2) is 11.5 Å². The molecule has 3 atom stereocenters. The zero-order valence-corrected chi connectivity index (χ0v) is 24.9. The number of nitrogens with one attached hydrogen (secondary N) is 2. The Morgan fingerprint density at radius 1 is 1.12 bits per heavy atom. The number of aliphatic hydroxyl groups excluding tert-OH is 1. The Morgan fingerprint density at radius 3 is 2.50 bits per heavy atom. The third-order valence-electron chi connectivity index (χ3n) is 7.15. The first kappa shape index (κ1) is 29.6. The molecule has 224 valence electrons. The maximum Gasteiger partial charge on any atom is 0.323 e. The standard InChI is InChI=1S/C28H32N4O8S2/c1-17-13-32(18(2)15-33)27(34)21-11-19(29-28(35)30-20-7-9-23-24(12-20)39-16-38-23)6-8-22(21)40-25(17)14-31(3)42(36,37)26-5-4-10-41-26/h4-12,17-18,25,33H,13-16H2,1-3H3,(H2,29,30,35)/t17-,18-,25+/m0/s1. The van der Waals surface area contributed by atoms with Crippen LogP contribution in [0.4, 0.5) is 16.2 Å². The van der Waals surface area contributed by atoms with Crippen LogP contribution in [0.15, 0.2) is 58.1 Å². The fraction of sp³-hybridized carbons (Fsp3) is 0.357. The molecule has 12 nitrogen and oxygen atoms in total. The zero-order valence-electron chi connectivity index (χ0n) is 23.3. The smallest absolute Gasteiger partial charge is 0.323 e. The van der Waals surface area contributed by atoms with Crippen molar-refractivity contribution in [2.24, 2.45) is 5.92 Å². The maximum absolute atomic E-state index is 13.7. The number of thiophene rings is 1. The van der Waals surface area contributed by atoms with Crippen LogP contribution in [0.25, 0.3) is 0 Å². The lowest BCUT2D eigenvalue weighted by atomic mass is 9.99. The summed E-state index contributed by atoms with van der Waals surface area (Å²) in [4.78, 5) is 28.0. The molecule has 42 heavy (non-hydrogen) atoms. The number of benzene rings is 2. The predicted octanol–water partition coefficient (Wildman–Crippen LogP) is 3.66. The SMILES string of the molecule is C[C@H]1CN([C@@H](C)CO)C(=O)c2cc(NC(=O)Nc3ccc4c(c3)OCO4)ccc2O[C@@H]1CN(C)S(=O)(=O)c1cccs1. The van der Waals surface area contributed by atoms with E-state index in [1.807, 2.05) is 6.92 Å². The van der Waals surface area contributed by atoms with Crippen molar-refractivity contribution >= 4 is 44.7 Å². The van der Waals surface area contributed by atoms with Gasteiger partial charge < -0.3 is 34.9 Å². The van der Waals surface area contributed by atoms with E-state index in [2.05, 4.69) is 10.6 Å². The van der Waals surface area contributed by atoms with Crippen LogP contribution in [0.3, 0.4) is 0 Å². The monoisotopic (exact) mass is 616 g/mol. The molecule has 2 aliphatic rings. The van der Waals surface area contributed by atoms with Crippen molar-refractivity contribution in [3.63, 3.8) is 0 Å². The van der Waals surface area contributed by atoms with Crippen LogP contribution in [-0.4, -0.2) is 80.4 Å². The van der Waals surface area contributed by atoms with Crippen molar-refractivity contribution in [3.05, 3.63) is 59.5 Å². The van der Waals surface area contributed by atoms with Crippen LogP contribution in [0.2, 0.25) is 0 Å². The molecule has 3 heterocycles. The number of rotatable bonds is 8. The Kier molecular flexibility index (Phi) is 8.59. The first-order valence-corrected chi connectivity index (χ1v) is 15.6. The summed E-state index contributed by atoms with van der Waals surface area (Å²) < 4.78 is 44.6. The number of carbonyl (C=O) groups excluding carboxylic acids is 2. The van der Waals surface area contributed by atoms with Crippen molar-refractivity contribution in [1.82, 2.24) is 9.21 Å². The highest BCUT2D eigenvalue weighted by atomic mass is 32.2. The number of urea groups is 1. The van der Waals surface area contributed by atoms with E-state index in [0.717, 1.165) is 11.3 Å². The average Bonchev–Trinajstić information content (AvgIpc) is 3.67. The van der Waals surface area contributed by atoms with Gasteiger partial charge in [0.1, 0.15) is 16.1 Å². The summed E-state index contributed by atoms with van der Waals surface area (Å²) in [6.07, 6.45) is -0.613. The van der Waals surface area contributed by atoms with E-state index in [9.17, 15) is 23.1 Å². The van der Waals surface area contributed by atoms with E-state index in [4.69, 9.17) is 14.2 Å². The Bertz CT molecular complexity index is 1560. The largest absolute Gasteiger partial charge is 0.488 e. The van der Waals surface area contributed by atoms with Gasteiger partial charge in [-0.2, -0.15) is 4.31 Å². The summed E-state index contributed by atoms with van der Waals surface area (Å²) in [6, 6.07) is 11.9. The predicted molar refractivity (Wildman–Crippen MR) is 157 cm³/mol. The first-order valence-electron chi connectivity index (χ1n) is 13.3. The molecule has 0 radical (unpaired) electrons. The summed E-state index contributed by atoms with van der Waals surface area (Å²) >= 11 is 1.13. The number of ether oxygens (including phenoxy) is 3. The fourth-order valence-corrected chi connectivity index (χ4v) is 7.09. The van der Waals surface area contributed by atoms with Gasteiger partial charge in [-0.25, -0.2) is 13.2 Å². The number of carbonyl (C=O) groups is 2. The Balaban J connectivity index is 1.38. The lowest BCUT2D eigenvalue weighted by molar-refractivity contribution is 0.0387. The Morgan fingerprint density at radius 2 is 1.81 bits per heavy atom. The molecule has 2 aliphatic heterocycles. The minimum Gasteiger partial charge on any atom is -0.488 e. The van der Waals surface area contributed by atoms with E-state index in [1.54, 1.807) is 59.7 Å². The van der Waals surface area contributed by atoms with Gasteiger partial charge in [0.25, 0.3) is 15.9 Å². The van der Waals surface area contributed by atoms with Crippen LogP contribution in [0.1, 0.15) is 24.2 Å². The van der Waals surface area contributed by atoms with Gasteiger partial charge in [-0.15, -0.1) is 11.3 Å². The summed E-state index contributed by atoms with van der Waals surface area (Å²) in [6.45, 7) is 3.72. The fourth-order valence-electron chi connectivity index (χ4n) is 4.70. The molecule has 3 amide bonds. The van der Waals surface area contributed by atoms with Gasteiger partial charge in [-0.05, 0) is 48.7 Å². The lowest BCUT2D eigenvalue weighted by Crippen LogP contribution is -2.50. The second-order valence-corrected chi connectivity index (χ2v) is 13.4. The minimum atomic E-state index is -3.73. The number of anilines is 2. The molecule has 0 aliphatic carbocycles. The Labute approximate surface area is 247 Å². The number of amides is 3. The van der Waals surface area contributed by atoms with Crippen molar-refractivity contribution in [3.8, 4) is 17.2 Å². The molecular weight excluding hydrogens is 584 g/mol. The zero-order chi connectivity index (χ0) is 30.0. The van der Waals surface area contributed by atoms with E-state index in [-0.39, 0.29) is 53.8 Å². The second kappa shape index (κ2) is 12.2. The van der Waals surface area contributed by atoms with Gasteiger partial charge in [-0.1, -0.05) is 13.0 Å². The van der Waals surface area contributed by atoms with E-state index in [0.29, 0.717) is 22.9 Å². The molecular formula is C28H32N4O8S2. The number of hydrogen-bond acceptors (Lipinski definition) is 9. The van der Waals surface area contributed by atoms with Gasteiger partial charge >= 0.3 is 6.03 Å². The van der Waals surface area contributed by atoms with Crippen LogP contribution in [0, 0.1) is 5.92 Å². The quantitative estimate of drug-likeness (QED) is 0.348. The average molecular weight is 617 g/mol. The summed E-state index contributed by atoms with van der Waals surface area (Å²) in [5, 5.41) is 17.1. The molecule has 14 heteroatoms. The van der Waals surface area contributed by atoms with Gasteiger partial charge in [0, 0.05) is 37.0 Å². The van der Waals surface area contributed by atoms with E-state index < -0.39 is 28.2 Å². The molecule has 0 bridgehead atoms. The molecule has 1 aromatic heterocycles. The highest BCUT2D eigenvalue weighted by Crippen LogP contribution is 2.35. The third kappa shape index (κ3) is 6.16. The highest BCUT2D eigenvalue weighted by molar-refractivity contribution is 7.91. The van der Waals surface area contributed by atoms with E-state index in [1.165, 1.54) is 17.4 Å². The van der Waals surface area contributed by atoms with Crippen LogP contribution in [0.5, 0.6) is 17.2 Å². The van der Waals surface area contributed by atoms with Crippen molar-refractivity contribution in [2.75, 3.05) is 44.2 Å². The van der Waals surface area contributed by atoms with Gasteiger partial charge in [0.05, 0.1) is 24.8 Å². The van der Waals surface area contributed by atoms with Gasteiger partial charge in [0.2, 0.25) is 6.79 Å². The Hall–Kier alpha value is -3.85. The highest BCUT2D eigenvalue weighted by Gasteiger charge is 2.35. The van der Waals surface area contributed by atoms with Crippen LogP contribution >= 0.6 is 11.3 Å². The van der Waals surface area contributed by atoms with E-state index >= 15 is 0 Å². The van der Waals surface area contributed by atoms with Gasteiger partial charge in [-0.3, -0.25) is 4.79 Å². The molecule has 0 saturated carbocycles. The molecule has 0 saturated heterocycles. The van der Waals surface area contributed by atoms with Crippen LogP contribution in [-0.2, 0) is 10.0 Å². The molecule has 0 spiro atoms. The van der Waals surface area contributed by atoms with Crippen molar-refractivity contribution in [2.45, 2.75) is 30.2 Å². The molecule has 3 aromatic rings. The summed E-state index contributed by atoms with van der Waals surface area (Å²) in [7, 11) is -2.23. The molecule has 0 unspecified atom stereocenters.